The number of hydrogen-bond acceptors (Lipinski definition) is 7. The lowest BCUT2D eigenvalue weighted by Crippen LogP contribution is -2.15. The quantitative estimate of drug-likeness (QED) is 0.487. The van der Waals surface area contributed by atoms with E-state index in [2.05, 4.69) is 15.5 Å². The summed E-state index contributed by atoms with van der Waals surface area (Å²) >= 11 is 5.39. The first-order valence-corrected chi connectivity index (χ1v) is 8.38. The zero-order valence-corrected chi connectivity index (χ0v) is 14.9. The number of nitrogens with two attached hydrogens (primary N) is 1. The number of para-hydroxylation sites is 1. The van der Waals surface area contributed by atoms with E-state index in [4.69, 9.17) is 22.7 Å². The number of Topliss-reactive ketones (excluding diaryl/α,β-unsaturated/α-hetero) is 1. The Morgan fingerprint density at radius 1 is 1.27 bits per heavy atom. The number of nitrogens with one attached hydrogen (secondary N) is 1. The Morgan fingerprint density at radius 2 is 2.00 bits per heavy atom. The van der Waals surface area contributed by atoms with Crippen LogP contribution < -0.4 is 15.9 Å². The van der Waals surface area contributed by atoms with Gasteiger partial charge in [-0.25, -0.2) is 4.68 Å². The molecule has 134 valence electrons. The molecule has 0 saturated heterocycles. The molecular formula is C17H18N6O2S. The second-order valence-electron chi connectivity index (χ2n) is 5.33. The number of rotatable bonds is 7. The number of aromatic nitrogens is 4. The van der Waals surface area contributed by atoms with Crippen molar-refractivity contribution in [3.63, 3.8) is 0 Å². The van der Waals surface area contributed by atoms with Gasteiger partial charge in [0.05, 0.1) is 17.9 Å². The van der Waals surface area contributed by atoms with E-state index in [0.29, 0.717) is 17.9 Å². The van der Waals surface area contributed by atoms with Crippen LogP contribution in [0.3, 0.4) is 0 Å². The number of carbonyl (C=O) groups is 1. The Labute approximate surface area is 155 Å². The predicted molar refractivity (Wildman–Crippen MR) is 101 cm³/mol. The van der Waals surface area contributed by atoms with Crippen molar-refractivity contribution in [2.75, 3.05) is 17.8 Å². The average molecular weight is 370 g/mol. The van der Waals surface area contributed by atoms with Gasteiger partial charge >= 0.3 is 0 Å². The molecule has 3 rings (SSSR count). The van der Waals surface area contributed by atoms with Crippen LogP contribution in [-0.4, -0.2) is 31.8 Å². The van der Waals surface area contributed by atoms with Crippen LogP contribution in [0.4, 0.5) is 11.6 Å². The third-order valence-corrected chi connectivity index (χ3v) is 3.96. The lowest BCUT2D eigenvalue weighted by atomic mass is 10.1. The molecule has 0 saturated carbocycles. The molecule has 0 aliphatic rings. The van der Waals surface area contributed by atoms with Crippen molar-refractivity contribution >= 4 is 29.6 Å². The van der Waals surface area contributed by atoms with Crippen LogP contribution in [0.5, 0.6) is 5.75 Å². The van der Waals surface area contributed by atoms with Crippen LogP contribution in [0.1, 0.15) is 17.3 Å². The highest BCUT2D eigenvalue weighted by Gasteiger charge is 2.16. The molecule has 0 aliphatic carbocycles. The van der Waals surface area contributed by atoms with Gasteiger partial charge < -0.3 is 10.5 Å². The van der Waals surface area contributed by atoms with Crippen molar-refractivity contribution in [1.29, 1.82) is 0 Å². The highest BCUT2D eigenvalue weighted by molar-refractivity contribution is 7.71. The summed E-state index contributed by atoms with van der Waals surface area (Å²) in [6.45, 7) is 2.30. The fraction of sp³-hybridized carbons (Fsp3) is 0.176. The lowest BCUT2D eigenvalue weighted by Gasteiger charge is -2.09. The molecule has 0 aliphatic heterocycles. The van der Waals surface area contributed by atoms with Gasteiger partial charge in [-0.05, 0) is 43.4 Å². The standard InChI is InChI=1S/C17H18N6O2S/c1-2-25-15-6-4-3-5-13(15)14(24)11-22-17(26)23(16(18)21-22)20-12-7-9-19-10-8-12/h3-10H,2,11H2,1H3,(H2,18,21)(H,19,20). The Balaban J connectivity index is 1.84. The number of anilines is 2. The highest BCUT2D eigenvalue weighted by Crippen LogP contribution is 2.19. The molecule has 26 heavy (non-hydrogen) atoms. The van der Waals surface area contributed by atoms with E-state index in [0.717, 1.165) is 5.69 Å². The van der Waals surface area contributed by atoms with E-state index < -0.39 is 0 Å². The van der Waals surface area contributed by atoms with Crippen molar-refractivity contribution in [3.05, 3.63) is 59.1 Å². The van der Waals surface area contributed by atoms with Crippen molar-refractivity contribution in [2.24, 2.45) is 0 Å². The summed E-state index contributed by atoms with van der Waals surface area (Å²) in [6.07, 6.45) is 3.28. The Hall–Kier alpha value is -3.20. The van der Waals surface area contributed by atoms with Gasteiger partial charge in [-0.1, -0.05) is 12.1 Å². The number of pyridine rings is 1. The van der Waals surface area contributed by atoms with Crippen molar-refractivity contribution in [2.45, 2.75) is 13.5 Å². The van der Waals surface area contributed by atoms with E-state index in [-0.39, 0.29) is 23.0 Å². The third kappa shape index (κ3) is 3.72. The molecule has 0 spiro atoms. The fourth-order valence-corrected chi connectivity index (χ4v) is 2.63. The van der Waals surface area contributed by atoms with Gasteiger partial charge in [0.2, 0.25) is 10.7 Å². The maximum atomic E-state index is 12.7. The van der Waals surface area contributed by atoms with Crippen LogP contribution in [0.25, 0.3) is 0 Å². The maximum Gasteiger partial charge on any atom is 0.240 e. The highest BCUT2D eigenvalue weighted by atomic mass is 32.1. The number of ether oxygens (including phenoxy) is 1. The Morgan fingerprint density at radius 3 is 2.73 bits per heavy atom. The molecule has 2 heterocycles. The zero-order valence-electron chi connectivity index (χ0n) is 14.1. The average Bonchev–Trinajstić information content (AvgIpc) is 2.91. The second-order valence-corrected chi connectivity index (χ2v) is 5.70. The summed E-state index contributed by atoms with van der Waals surface area (Å²) in [7, 11) is 0. The number of nitrogen functional groups attached to an aromatic ring is 1. The molecule has 0 bridgehead atoms. The van der Waals surface area contributed by atoms with Gasteiger partial charge in [0, 0.05) is 12.4 Å². The molecule has 0 unspecified atom stereocenters. The van der Waals surface area contributed by atoms with Crippen LogP contribution in [0.2, 0.25) is 0 Å². The summed E-state index contributed by atoms with van der Waals surface area (Å²) in [4.78, 5) is 16.6. The van der Waals surface area contributed by atoms with Gasteiger partial charge in [0.15, 0.2) is 5.78 Å². The van der Waals surface area contributed by atoms with Gasteiger partial charge in [-0.2, -0.15) is 4.68 Å². The van der Waals surface area contributed by atoms with Gasteiger partial charge in [-0.15, -0.1) is 5.10 Å². The molecule has 1 aromatic carbocycles. The number of ketones is 1. The third-order valence-electron chi connectivity index (χ3n) is 3.57. The summed E-state index contributed by atoms with van der Waals surface area (Å²) in [6, 6.07) is 10.6. The summed E-state index contributed by atoms with van der Waals surface area (Å²) in [5, 5.41) is 4.16. The summed E-state index contributed by atoms with van der Waals surface area (Å²) in [5.41, 5.74) is 10.2. The lowest BCUT2D eigenvalue weighted by molar-refractivity contribution is 0.0963. The smallest absolute Gasteiger partial charge is 0.240 e. The minimum absolute atomic E-state index is 0.0435. The molecule has 2 aromatic heterocycles. The molecule has 3 N–H and O–H groups in total. The normalized spacial score (nSPS) is 10.5. The summed E-state index contributed by atoms with van der Waals surface area (Å²) in [5.74, 6) is 0.519. The topological polar surface area (TPSA) is 100.0 Å². The van der Waals surface area contributed by atoms with E-state index in [1.54, 1.807) is 42.7 Å². The van der Waals surface area contributed by atoms with Gasteiger partial charge in [0.25, 0.3) is 0 Å². The van der Waals surface area contributed by atoms with Crippen LogP contribution in [0.15, 0.2) is 48.8 Å². The number of hydrogen-bond donors (Lipinski definition) is 2. The van der Waals surface area contributed by atoms with E-state index in [1.807, 2.05) is 13.0 Å². The first-order chi connectivity index (χ1) is 12.6. The largest absolute Gasteiger partial charge is 0.493 e. The van der Waals surface area contributed by atoms with Crippen LogP contribution in [-0.2, 0) is 6.54 Å². The monoisotopic (exact) mass is 370 g/mol. The van der Waals surface area contributed by atoms with Gasteiger partial charge in [-0.3, -0.25) is 15.2 Å². The molecular weight excluding hydrogens is 352 g/mol. The Kier molecular flexibility index (Phi) is 5.28. The molecule has 9 heteroatoms. The SMILES string of the molecule is CCOc1ccccc1C(=O)Cn1nc(N)n(Nc2ccncc2)c1=S. The molecule has 0 atom stereocenters. The van der Waals surface area contributed by atoms with Crippen LogP contribution >= 0.6 is 12.2 Å². The first kappa shape index (κ1) is 17.6. The van der Waals surface area contributed by atoms with E-state index >= 15 is 0 Å². The van der Waals surface area contributed by atoms with Crippen molar-refractivity contribution in [1.82, 2.24) is 19.4 Å². The second kappa shape index (κ2) is 7.79. The summed E-state index contributed by atoms with van der Waals surface area (Å²) < 4.78 is 8.60. The molecule has 0 fully saturated rings. The molecule has 3 aromatic rings. The number of carbonyl (C=O) groups excluding carboxylic acids is 1. The van der Waals surface area contributed by atoms with E-state index in [9.17, 15) is 4.79 Å². The number of nitrogens with zero attached hydrogens (tertiary/aromatic N) is 4. The van der Waals surface area contributed by atoms with Crippen molar-refractivity contribution in [3.8, 4) is 5.75 Å². The Bertz CT molecular complexity index is 967. The minimum atomic E-state index is -0.168. The molecule has 0 amide bonds. The minimum Gasteiger partial charge on any atom is -0.493 e. The molecule has 8 nitrogen and oxygen atoms in total. The maximum absolute atomic E-state index is 12.7. The number of benzene rings is 1. The predicted octanol–water partition coefficient (Wildman–Crippen LogP) is 2.55. The van der Waals surface area contributed by atoms with Gasteiger partial charge in [0.1, 0.15) is 12.3 Å². The van der Waals surface area contributed by atoms with Crippen LogP contribution in [0, 0.1) is 4.77 Å². The fourth-order valence-electron chi connectivity index (χ4n) is 2.39. The van der Waals surface area contributed by atoms with E-state index in [1.165, 1.54) is 9.36 Å². The molecule has 0 radical (unpaired) electrons. The zero-order chi connectivity index (χ0) is 18.5. The van der Waals surface area contributed by atoms with Crippen molar-refractivity contribution < 1.29 is 9.53 Å². The first-order valence-electron chi connectivity index (χ1n) is 7.97.